The SMILES string of the molecule is CCNCCCCc1c(OC)ccc2ccccc12. The molecule has 102 valence electrons. The molecule has 2 heteroatoms. The molecule has 0 bridgehead atoms. The highest BCUT2D eigenvalue weighted by atomic mass is 16.5. The van der Waals surface area contributed by atoms with E-state index in [-0.39, 0.29) is 0 Å². The van der Waals surface area contributed by atoms with Crippen LogP contribution < -0.4 is 10.1 Å². The van der Waals surface area contributed by atoms with E-state index < -0.39 is 0 Å². The smallest absolute Gasteiger partial charge is 0.122 e. The monoisotopic (exact) mass is 257 g/mol. The summed E-state index contributed by atoms with van der Waals surface area (Å²) in [5.74, 6) is 1.02. The molecule has 1 N–H and O–H groups in total. The number of rotatable bonds is 7. The van der Waals surface area contributed by atoms with Crippen molar-refractivity contribution in [2.45, 2.75) is 26.2 Å². The first-order valence-electron chi connectivity index (χ1n) is 7.12. The van der Waals surface area contributed by atoms with Crippen LogP contribution in [0.3, 0.4) is 0 Å². The van der Waals surface area contributed by atoms with E-state index in [1.807, 2.05) is 0 Å². The van der Waals surface area contributed by atoms with Gasteiger partial charge in [0.2, 0.25) is 0 Å². The summed E-state index contributed by atoms with van der Waals surface area (Å²) in [6.07, 6.45) is 3.48. The maximum atomic E-state index is 5.52. The molecule has 0 unspecified atom stereocenters. The normalized spacial score (nSPS) is 10.8. The minimum absolute atomic E-state index is 1.02. The van der Waals surface area contributed by atoms with E-state index >= 15 is 0 Å². The van der Waals surface area contributed by atoms with Crippen LogP contribution in [0.2, 0.25) is 0 Å². The molecule has 2 aromatic rings. The second-order valence-corrected chi connectivity index (χ2v) is 4.78. The number of benzene rings is 2. The lowest BCUT2D eigenvalue weighted by Gasteiger charge is -2.12. The predicted octanol–water partition coefficient (Wildman–Crippen LogP) is 3.78. The number of hydrogen-bond donors (Lipinski definition) is 1. The summed E-state index contributed by atoms with van der Waals surface area (Å²) >= 11 is 0. The second kappa shape index (κ2) is 7.15. The Morgan fingerprint density at radius 2 is 1.89 bits per heavy atom. The minimum atomic E-state index is 1.02. The largest absolute Gasteiger partial charge is 0.496 e. The highest BCUT2D eigenvalue weighted by Gasteiger charge is 2.07. The molecule has 0 aliphatic rings. The second-order valence-electron chi connectivity index (χ2n) is 4.78. The first-order chi connectivity index (χ1) is 9.36. The van der Waals surface area contributed by atoms with Gasteiger partial charge in [-0.25, -0.2) is 0 Å². The number of aryl methyl sites for hydroxylation is 1. The highest BCUT2D eigenvalue weighted by molar-refractivity contribution is 5.87. The molecule has 0 atom stereocenters. The third-order valence-corrected chi connectivity index (χ3v) is 3.50. The zero-order valence-corrected chi connectivity index (χ0v) is 11.9. The average molecular weight is 257 g/mol. The van der Waals surface area contributed by atoms with Crippen LogP contribution in [0.25, 0.3) is 10.8 Å². The lowest BCUT2D eigenvalue weighted by atomic mass is 9.99. The van der Waals surface area contributed by atoms with Crippen LogP contribution in [0.5, 0.6) is 5.75 Å². The van der Waals surface area contributed by atoms with Crippen molar-refractivity contribution < 1.29 is 4.74 Å². The Labute approximate surface area is 115 Å². The summed E-state index contributed by atoms with van der Waals surface area (Å²) in [7, 11) is 1.76. The van der Waals surface area contributed by atoms with Crippen molar-refractivity contribution in [2.24, 2.45) is 0 Å². The van der Waals surface area contributed by atoms with Crippen LogP contribution in [0.4, 0.5) is 0 Å². The Hall–Kier alpha value is -1.54. The first-order valence-corrected chi connectivity index (χ1v) is 7.12. The third-order valence-electron chi connectivity index (χ3n) is 3.50. The molecule has 19 heavy (non-hydrogen) atoms. The van der Waals surface area contributed by atoms with Crippen molar-refractivity contribution in [3.05, 3.63) is 42.0 Å². The molecule has 0 radical (unpaired) electrons. The Balaban J connectivity index is 2.14. The fourth-order valence-electron chi connectivity index (χ4n) is 2.49. The van der Waals surface area contributed by atoms with Crippen molar-refractivity contribution >= 4 is 10.8 Å². The summed E-state index contributed by atoms with van der Waals surface area (Å²) in [5.41, 5.74) is 1.34. The summed E-state index contributed by atoms with van der Waals surface area (Å²) in [4.78, 5) is 0. The number of ether oxygens (including phenoxy) is 1. The maximum absolute atomic E-state index is 5.52. The van der Waals surface area contributed by atoms with E-state index in [1.54, 1.807) is 7.11 Å². The average Bonchev–Trinajstić information content (AvgIpc) is 2.47. The van der Waals surface area contributed by atoms with Gasteiger partial charge in [-0.05, 0) is 49.2 Å². The van der Waals surface area contributed by atoms with E-state index in [2.05, 4.69) is 48.6 Å². The topological polar surface area (TPSA) is 21.3 Å². The van der Waals surface area contributed by atoms with Crippen molar-refractivity contribution in [2.75, 3.05) is 20.2 Å². The number of hydrogen-bond acceptors (Lipinski definition) is 2. The van der Waals surface area contributed by atoms with Crippen LogP contribution in [0.15, 0.2) is 36.4 Å². The zero-order chi connectivity index (χ0) is 13.5. The summed E-state index contributed by atoms with van der Waals surface area (Å²) in [6, 6.07) is 12.8. The Kier molecular flexibility index (Phi) is 5.22. The van der Waals surface area contributed by atoms with Gasteiger partial charge in [0.25, 0.3) is 0 Å². The van der Waals surface area contributed by atoms with Crippen LogP contribution in [0, 0.1) is 0 Å². The number of unbranched alkanes of at least 4 members (excludes halogenated alkanes) is 1. The van der Waals surface area contributed by atoms with Crippen molar-refractivity contribution in [3.63, 3.8) is 0 Å². The van der Waals surface area contributed by atoms with Gasteiger partial charge >= 0.3 is 0 Å². The molecule has 0 spiro atoms. The van der Waals surface area contributed by atoms with Gasteiger partial charge in [0, 0.05) is 5.56 Å². The molecular weight excluding hydrogens is 234 g/mol. The number of nitrogens with one attached hydrogen (secondary N) is 1. The van der Waals surface area contributed by atoms with Gasteiger partial charge in [0.1, 0.15) is 5.75 Å². The standard InChI is InChI=1S/C17H23NO/c1-3-18-13-7-6-10-16-15-9-5-4-8-14(15)11-12-17(16)19-2/h4-5,8-9,11-12,18H,3,6-7,10,13H2,1-2H3. The Morgan fingerprint density at radius 3 is 2.68 bits per heavy atom. The molecule has 0 saturated heterocycles. The summed E-state index contributed by atoms with van der Waals surface area (Å²) in [6.45, 7) is 4.30. The molecule has 0 aromatic heterocycles. The molecule has 2 nitrogen and oxygen atoms in total. The molecule has 0 amide bonds. The summed E-state index contributed by atoms with van der Waals surface area (Å²) in [5, 5.41) is 5.99. The molecule has 2 aromatic carbocycles. The Morgan fingerprint density at radius 1 is 1.05 bits per heavy atom. The molecule has 0 fully saturated rings. The maximum Gasteiger partial charge on any atom is 0.122 e. The molecule has 0 heterocycles. The quantitative estimate of drug-likeness (QED) is 0.762. The van der Waals surface area contributed by atoms with E-state index in [0.29, 0.717) is 0 Å². The first kappa shape index (κ1) is 13.9. The highest BCUT2D eigenvalue weighted by Crippen LogP contribution is 2.29. The molecule has 0 aliphatic carbocycles. The Bertz CT molecular complexity index is 522. The van der Waals surface area contributed by atoms with Gasteiger partial charge in [-0.1, -0.05) is 37.3 Å². The van der Waals surface area contributed by atoms with E-state index in [4.69, 9.17) is 4.74 Å². The van der Waals surface area contributed by atoms with Crippen molar-refractivity contribution in [3.8, 4) is 5.75 Å². The lowest BCUT2D eigenvalue weighted by Crippen LogP contribution is -2.14. The van der Waals surface area contributed by atoms with Crippen molar-refractivity contribution in [1.29, 1.82) is 0 Å². The van der Waals surface area contributed by atoms with E-state index in [9.17, 15) is 0 Å². The van der Waals surface area contributed by atoms with E-state index in [0.717, 1.165) is 25.3 Å². The van der Waals surface area contributed by atoms with Gasteiger partial charge in [0.15, 0.2) is 0 Å². The third kappa shape index (κ3) is 3.48. The fourth-order valence-corrected chi connectivity index (χ4v) is 2.49. The van der Waals surface area contributed by atoms with Crippen LogP contribution >= 0.6 is 0 Å². The molecule has 2 rings (SSSR count). The van der Waals surface area contributed by atoms with Crippen molar-refractivity contribution in [1.82, 2.24) is 5.32 Å². The fraction of sp³-hybridized carbons (Fsp3) is 0.412. The van der Waals surface area contributed by atoms with Crippen LogP contribution in [-0.2, 0) is 6.42 Å². The van der Waals surface area contributed by atoms with Gasteiger partial charge in [-0.15, -0.1) is 0 Å². The van der Waals surface area contributed by atoms with Gasteiger partial charge in [-0.3, -0.25) is 0 Å². The molecule has 0 saturated carbocycles. The molecule has 0 aliphatic heterocycles. The molecular formula is C17H23NO. The van der Waals surface area contributed by atoms with Crippen LogP contribution in [-0.4, -0.2) is 20.2 Å². The van der Waals surface area contributed by atoms with Gasteiger partial charge in [-0.2, -0.15) is 0 Å². The van der Waals surface area contributed by atoms with Gasteiger partial charge in [0.05, 0.1) is 7.11 Å². The minimum Gasteiger partial charge on any atom is -0.496 e. The number of methoxy groups -OCH3 is 1. The van der Waals surface area contributed by atoms with Crippen LogP contribution in [0.1, 0.15) is 25.3 Å². The predicted molar refractivity (Wildman–Crippen MR) is 82.0 cm³/mol. The zero-order valence-electron chi connectivity index (χ0n) is 11.9. The summed E-state index contributed by atoms with van der Waals surface area (Å²) < 4.78 is 5.52. The van der Waals surface area contributed by atoms with Gasteiger partial charge < -0.3 is 10.1 Å². The lowest BCUT2D eigenvalue weighted by molar-refractivity contribution is 0.409. The van der Waals surface area contributed by atoms with E-state index in [1.165, 1.54) is 29.2 Å². The number of fused-ring (bicyclic) bond motifs is 1.